The zero-order valence-corrected chi connectivity index (χ0v) is 12.1. The molecule has 1 heterocycles. The molecular weight excluding hydrogens is 278 g/mol. The lowest BCUT2D eigenvalue weighted by molar-refractivity contribution is 1.08. The molecule has 0 radical (unpaired) electrons. The van der Waals surface area contributed by atoms with Gasteiger partial charge < -0.3 is 11.1 Å². The summed E-state index contributed by atoms with van der Waals surface area (Å²) < 4.78 is 0. The fourth-order valence-electron chi connectivity index (χ4n) is 1.75. The SMILES string of the molecule is Cc1ccncc1CNc1cc(Cl)ccc1C(N)=S. The highest BCUT2D eigenvalue weighted by Gasteiger charge is 2.06. The fourth-order valence-corrected chi connectivity index (χ4v) is 2.10. The molecule has 0 unspecified atom stereocenters. The van der Waals surface area contributed by atoms with Gasteiger partial charge in [0.1, 0.15) is 4.99 Å². The van der Waals surface area contributed by atoms with Crippen molar-refractivity contribution in [2.75, 3.05) is 5.32 Å². The molecule has 1 aromatic carbocycles. The maximum absolute atomic E-state index is 6.00. The maximum Gasteiger partial charge on any atom is 0.106 e. The number of nitrogens with one attached hydrogen (secondary N) is 1. The van der Waals surface area contributed by atoms with Crippen LogP contribution in [0, 0.1) is 6.92 Å². The Morgan fingerprint density at radius 1 is 1.42 bits per heavy atom. The van der Waals surface area contributed by atoms with E-state index < -0.39 is 0 Å². The molecule has 3 N–H and O–H groups in total. The maximum atomic E-state index is 6.00. The average Bonchev–Trinajstić information content (AvgIpc) is 2.37. The second-order valence-corrected chi connectivity index (χ2v) is 5.09. The number of aromatic nitrogens is 1. The van der Waals surface area contributed by atoms with Crippen molar-refractivity contribution in [3.05, 3.63) is 58.4 Å². The summed E-state index contributed by atoms with van der Waals surface area (Å²) >= 11 is 11.0. The highest BCUT2D eigenvalue weighted by molar-refractivity contribution is 7.80. The monoisotopic (exact) mass is 291 g/mol. The first kappa shape index (κ1) is 13.8. The molecule has 0 spiro atoms. The topological polar surface area (TPSA) is 50.9 Å². The standard InChI is InChI=1S/C14H14ClN3S/c1-9-4-5-17-7-10(9)8-18-13-6-11(15)2-3-12(13)14(16)19/h2-7,18H,8H2,1H3,(H2,16,19). The average molecular weight is 292 g/mol. The van der Waals surface area contributed by atoms with Crippen LogP contribution in [0.4, 0.5) is 5.69 Å². The van der Waals surface area contributed by atoms with E-state index in [-0.39, 0.29) is 0 Å². The Morgan fingerprint density at radius 3 is 2.89 bits per heavy atom. The van der Waals surface area contributed by atoms with Gasteiger partial charge in [0.2, 0.25) is 0 Å². The van der Waals surface area contributed by atoms with Crippen LogP contribution in [0.1, 0.15) is 16.7 Å². The molecule has 0 fully saturated rings. The Morgan fingerprint density at radius 2 is 2.21 bits per heavy atom. The fraction of sp³-hybridized carbons (Fsp3) is 0.143. The van der Waals surface area contributed by atoms with Crippen molar-refractivity contribution in [3.8, 4) is 0 Å². The number of nitrogens with two attached hydrogens (primary N) is 1. The van der Waals surface area contributed by atoms with Gasteiger partial charge in [-0.1, -0.05) is 23.8 Å². The molecule has 0 amide bonds. The molecule has 3 nitrogen and oxygen atoms in total. The van der Waals surface area contributed by atoms with Gasteiger partial charge in [0.05, 0.1) is 0 Å². The van der Waals surface area contributed by atoms with Gasteiger partial charge in [-0.25, -0.2) is 0 Å². The van der Waals surface area contributed by atoms with Crippen LogP contribution in [0.25, 0.3) is 0 Å². The number of anilines is 1. The first-order chi connectivity index (χ1) is 9.08. The van der Waals surface area contributed by atoms with Gasteiger partial charge in [-0.15, -0.1) is 0 Å². The van der Waals surface area contributed by atoms with Gasteiger partial charge in [0.25, 0.3) is 0 Å². The first-order valence-corrected chi connectivity index (χ1v) is 6.59. The van der Waals surface area contributed by atoms with Gasteiger partial charge in [0.15, 0.2) is 0 Å². The molecular formula is C14H14ClN3S. The summed E-state index contributed by atoms with van der Waals surface area (Å²) in [6.45, 7) is 2.70. The molecule has 0 aliphatic carbocycles. The number of aryl methyl sites for hydroxylation is 1. The lowest BCUT2D eigenvalue weighted by Gasteiger charge is -2.12. The van der Waals surface area contributed by atoms with E-state index in [9.17, 15) is 0 Å². The highest BCUT2D eigenvalue weighted by atomic mass is 35.5. The summed E-state index contributed by atoms with van der Waals surface area (Å²) in [6, 6.07) is 7.39. The normalized spacial score (nSPS) is 10.2. The van der Waals surface area contributed by atoms with Gasteiger partial charge in [0, 0.05) is 35.2 Å². The van der Waals surface area contributed by atoms with Crippen LogP contribution in [-0.4, -0.2) is 9.97 Å². The molecule has 0 aliphatic heterocycles. The van der Waals surface area contributed by atoms with Crippen LogP contribution < -0.4 is 11.1 Å². The van der Waals surface area contributed by atoms with Crippen molar-refractivity contribution >= 4 is 34.5 Å². The summed E-state index contributed by atoms with van der Waals surface area (Å²) in [4.78, 5) is 4.47. The number of nitrogens with zero attached hydrogens (tertiary/aromatic N) is 1. The number of hydrogen-bond acceptors (Lipinski definition) is 3. The van der Waals surface area contributed by atoms with Gasteiger partial charge in [-0.05, 0) is 42.3 Å². The van der Waals surface area contributed by atoms with E-state index in [0.717, 1.165) is 16.8 Å². The molecule has 0 bridgehead atoms. The van der Waals surface area contributed by atoms with Crippen molar-refractivity contribution < 1.29 is 0 Å². The second-order valence-electron chi connectivity index (χ2n) is 4.21. The highest BCUT2D eigenvalue weighted by Crippen LogP contribution is 2.22. The minimum absolute atomic E-state index is 0.349. The molecule has 19 heavy (non-hydrogen) atoms. The minimum atomic E-state index is 0.349. The van der Waals surface area contributed by atoms with Crippen LogP contribution in [0.3, 0.4) is 0 Å². The summed E-state index contributed by atoms with van der Waals surface area (Å²) in [7, 11) is 0. The van der Waals surface area contributed by atoms with E-state index in [1.807, 2.05) is 31.3 Å². The Hall–Kier alpha value is -1.65. The number of halogens is 1. The minimum Gasteiger partial charge on any atom is -0.389 e. The Bertz CT molecular complexity index is 613. The van der Waals surface area contributed by atoms with E-state index >= 15 is 0 Å². The van der Waals surface area contributed by atoms with Crippen molar-refractivity contribution in [2.24, 2.45) is 5.73 Å². The zero-order chi connectivity index (χ0) is 13.8. The van der Waals surface area contributed by atoms with Crippen LogP contribution in [0.15, 0.2) is 36.7 Å². The molecule has 0 saturated heterocycles. The first-order valence-electron chi connectivity index (χ1n) is 5.80. The second kappa shape index (κ2) is 5.99. The number of rotatable bonds is 4. The molecule has 0 aliphatic rings. The summed E-state index contributed by atoms with van der Waals surface area (Å²) in [5.74, 6) is 0. The van der Waals surface area contributed by atoms with Crippen LogP contribution in [0.5, 0.6) is 0 Å². The van der Waals surface area contributed by atoms with Crippen LogP contribution in [-0.2, 0) is 6.54 Å². The smallest absolute Gasteiger partial charge is 0.106 e. The third-order valence-electron chi connectivity index (χ3n) is 2.86. The van der Waals surface area contributed by atoms with Crippen molar-refractivity contribution in [1.29, 1.82) is 0 Å². The molecule has 2 aromatic rings. The van der Waals surface area contributed by atoms with E-state index in [1.54, 1.807) is 12.3 Å². The van der Waals surface area contributed by atoms with Gasteiger partial charge >= 0.3 is 0 Å². The summed E-state index contributed by atoms with van der Waals surface area (Å²) in [5.41, 5.74) is 9.63. The summed E-state index contributed by atoms with van der Waals surface area (Å²) in [6.07, 6.45) is 3.62. The summed E-state index contributed by atoms with van der Waals surface area (Å²) in [5, 5.41) is 3.94. The number of pyridine rings is 1. The van der Waals surface area contributed by atoms with Crippen molar-refractivity contribution in [1.82, 2.24) is 4.98 Å². The quantitative estimate of drug-likeness (QED) is 0.849. The Balaban J connectivity index is 2.22. The van der Waals surface area contributed by atoms with Crippen LogP contribution >= 0.6 is 23.8 Å². The molecule has 1 aromatic heterocycles. The predicted octanol–water partition coefficient (Wildman–Crippen LogP) is 3.29. The largest absolute Gasteiger partial charge is 0.389 e. The molecule has 0 atom stereocenters. The molecule has 0 saturated carbocycles. The third kappa shape index (κ3) is 3.43. The van der Waals surface area contributed by atoms with Gasteiger partial charge in [-0.2, -0.15) is 0 Å². The van der Waals surface area contributed by atoms with Crippen LogP contribution in [0.2, 0.25) is 5.02 Å². The van der Waals surface area contributed by atoms with Crippen molar-refractivity contribution in [2.45, 2.75) is 13.5 Å². The van der Waals surface area contributed by atoms with Gasteiger partial charge in [-0.3, -0.25) is 4.98 Å². The Labute approximate surface area is 122 Å². The van der Waals surface area contributed by atoms with Crippen molar-refractivity contribution in [3.63, 3.8) is 0 Å². The third-order valence-corrected chi connectivity index (χ3v) is 3.32. The lowest BCUT2D eigenvalue weighted by Crippen LogP contribution is -2.13. The van der Waals surface area contributed by atoms with E-state index in [0.29, 0.717) is 16.6 Å². The van der Waals surface area contributed by atoms with E-state index in [4.69, 9.17) is 29.6 Å². The molecule has 98 valence electrons. The molecule has 5 heteroatoms. The predicted molar refractivity (Wildman–Crippen MR) is 83.6 cm³/mol. The van der Waals surface area contributed by atoms with E-state index in [1.165, 1.54) is 5.56 Å². The number of thiocarbonyl (C=S) groups is 1. The number of hydrogen-bond donors (Lipinski definition) is 2. The number of benzene rings is 1. The zero-order valence-electron chi connectivity index (χ0n) is 10.5. The lowest BCUT2D eigenvalue weighted by atomic mass is 10.1. The van der Waals surface area contributed by atoms with E-state index in [2.05, 4.69) is 10.3 Å². The molecule has 2 rings (SSSR count). The Kier molecular flexibility index (Phi) is 4.35.